The lowest BCUT2D eigenvalue weighted by Gasteiger charge is -2.12. The molecule has 0 fully saturated rings. The van der Waals surface area contributed by atoms with Gasteiger partial charge in [-0.25, -0.2) is 4.39 Å². The molecule has 0 heterocycles. The Morgan fingerprint density at radius 2 is 2.17 bits per heavy atom. The molecular weight excluding hydrogens is 235 g/mol. The van der Waals surface area contributed by atoms with E-state index in [9.17, 15) is 9.18 Å². The maximum absolute atomic E-state index is 13.1. The summed E-state index contributed by atoms with van der Waals surface area (Å²) in [5.41, 5.74) is 0.480. The molecule has 0 radical (unpaired) electrons. The van der Waals surface area contributed by atoms with E-state index in [1.54, 1.807) is 6.92 Å². The third-order valence-electron chi connectivity index (χ3n) is 2.19. The van der Waals surface area contributed by atoms with Crippen molar-refractivity contribution in [2.24, 2.45) is 0 Å². The van der Waals surface area contributed by atoms with Gasteiger partial charge in [-0.2, -0.15) is 0 Å². The molecule has 0 aromatic heterocycles. The summed E-state index contributed by atoms with van der Waals surface area (Å²) in [6.07, 6.45) is 0. The van der Waals surface area contributed by atoms with Crippen molar-refractivity contribution >= 4 is 11.6 Å². The molecule has 18 heavy (non-hydrogen) atoms. The summed E-state index contributed by atoms with van der Waals surface area (Å²) in [6.45, 7) is 6.33. The third-order valence-corrected chi connectivity index (χ3v) is 2.19. The number of hydrogen-bond acceptors (Lipinski definition) is 3. The standard InChI is InChI=1S/C13H19FN2O2/c1-4-18-12-7-10(14)5-6-11(12)16-13(17)8-15-9(2)3/h5-7,9,15H,4,8H2,1-3H3,(H,16,17). The summed E-state index contributed by atoms with van der Waals surface area (Å²) < 4.78 is 18.3. The van der Waals surface area contributed by atoms with Gasteiger partial charge in [0.1, 0.15) is 11.6 Å². The first-order chi connectivity index (χ1) is 8.52. The SMILES string of the molecule is CCOc1cc(F)ccc1NC(=O)CNC(C)C. The van der Waals surface area contributed by atoms with Crippen molar-refractivity contribution in [3.8, 4) is 5.75 Å². The van der Waals surface area contributed by atoms with Gasteiger partial charge in [0.15, 0.2) is 0 Å². The van der Waals surface area contributed by atoms with Crippen LogP contribution in [0.25, 0.3) is 0 Å². The van der Waals surface area contributed by atoms with Crippen LogP contribution in [-0.4, -0.2) is 25.1 Å². The van der Waals surface area contributed by atoms with Crippen molar-refractivity contribution in [1.82, 2.24) is 5.32 Å². The van der Waals surface area contributed by atoms with E-state index >= 15 is 0 Å². The number of rotatable bonds is 6. The number of carbonyl (C=O) groups excluding carboxylic acids is 1. The molecule has 0 aliphatic carbocycles. The summed E-state index contributed by atoms with van der Waals surface area (Å²) >= 11 is 0. The Kier molecular flexibility index (Phi) is 5.58. The first-order valence-electron chi connectivity index (χ1n) is 5.98. The van der Waals surface area contributed by atoms with Crippen molar-refractivity contribution < 1.29 is 13.9 Å². The summed E-state index contributed by atoms with van der Waals surface area (Å²) in [4.78, 5) is 11.6. The van der Waals surface area contributed by atoms with Crippen molar-refractivity contribution in [3.05, 3.63) is 24.0 Å². The monoisotopic (exact) mass is 254 g/mol. The predicted octanol–water partition coefficient (Wildman–Crippen LogP) is 2.16. The van der Waals surface area contributed by atoms with Crippen molar-refractivity contribution in [3.63, 3.8) is 0 Å². The molecule has 0 saturated heterocycles. The van der Waals surface area contributed by atoms with E-state index in [4.69, 9.17) is 4.74 Å². The van der Waals surface area contributed by atoms with Crippen molar-refractivity contribution in [2.75, 3.05) is 18.5 Å². The number of carbonyl (C=O) groups is 1. The van der Waals surface area contributed by atoms with E-state index in [2.05, 4.69) is 10.6 Å². The molecule has 0 spiro atoms. The maximum Gasteiger partial charge on any atom is 0.238 e. The van der Waals surface area contributed by atoms with Crippen LogP contribution in [0.15, 0.2) is 18.2 Å². The topological polar surface area (TPSA) is 50.4 Å². The van der Waals surface area contributed by atoms with Crippen LogP contribution in [0.1, 0.15) is 20.8 Å². The van der Waals surface area contributed by atoms with Crippen molar-refractivity contribution in [1.29, 1.82) is 0 Å². The minimum absolute atomic E-state index is 0.184. The van der Waals surface area contributed by atoms with Gasteiger partial charge in [0.05, 0.1) is 18.8 Å². The molecular formula is C13H19FN2O2. The lowest BCUT2D eigenvalue weighted by atomic mass is 10.2. The van der Waals surface area contributed by atoms with Crippen LogP contribution >= 0.6 is 0 Å². The fourth-order valence-electron chi connectivity index (χ4n) is 1.37. The Balaban J connectivity index is 2.68. The molecule has 2 N–H and O–H groups in total. The van der Waals surface area contributed by atoms with E-state index in [0.29, 0.717) is 18.0 Å². The zero-order chi connectivity index (χ0) is 13.5. The molecule has 0 bridgehead atoms. The molecule has 5 heteroatoms. The van der Waals surface area contributed by atoms with Crippen molar-refractivity contribution in [2.45, 2.75) is 26.8 Å². The Labute approximate surface area is 107 Å². The van der Waals surface area contributed by atoms with Gasteiger partial charge in [0.2, 0.25) is 5.91 Å². The number of hydrogen-bond donors (Lipinski definition) is 2. The van der Waals surface area contributed by atoms with E-state index in [-0.39, 0.29) is 18.5 Å². The zero-order valence-electron chi connectivity index (χ0n) is 10.9. The Morgan fingerprint density at radius 1 is 1.44 bits per heavy atom. The second-order valence-corrected chi connectivity index (χ2v) is 4.16. The van der Waals surface area contributed by atoms with E-state index in [1.165, 1.54) is 18.2 Å². The van der Waals surface area contributed by atoms with Gasteiger partial charge in [0, 0.05) is 12.1 Å². The van der Waals surface area contributed by atoms with Crippen LogP contribution in [0, 0.1) is 5.82 Å². The smallest absolute Gasteiger partial charge is 0.238 e. The average molecular weight is 254 g/mol. The van der Waals surface area contributed by atoms with Crippen LogP contribution < -0.4 is 15.4 Å². The first-order valence-corrected chi connectivity index (χ1v) is 5.98. The average Bonchev–Trinajstić information content (AvgIpc) is 2.30. The highest BCUT2D eigenvalue weighted by molar-refractivity contribution is 5.93. The number of ether oxygens (including phenoxy) is 1. The van der Waals surface area contributed by atoms with Gasteiger partial charge >= 0.3 is 0 Å². The highest BCUT2D eigenvalue weighted by Gasteiger charge is 2.09. The minimum atomic E-state index is -0.392. The van der Waals surface area contributed by atoms with E-state index < -0.39 is 5.82 Å². The van der Waals surface area contributed by atoms with Gasteiger partial charge in [-0.1, -0.05) is 13.8 Å². The summed E-state index contributed by atoms with van der Waals surface area (Å²) in [6, 6.07) is 4.27. The second-order valence-electron chi connectivity index (χ2n) is 4.16. The van der Waals surface area contributed by atoms with Gasteiger partial charge in [-0.15, -0.1) is 0 Å². The lowest BCUT2D eigenvalue weighted by molar-refractivity contribution is -0.115. The molecule has 1 aromatic carbocycles. The largest absolute Gasteiger partial charge is 0.492 e. The van der Waals surface area contributed by atoms with Gasteiger partial charge in [0.25, 0.3) is 0 Å². The highest BCUT2D eigenvalue weighted by Crippen LogP contribution is 2.25. The van der Waals surface area contributed by atoms with Crippen LogP contribution in [0.3, 0.4) is 0 Å². The third kappa shape index (κ3) is 4.71. The number of halogens is 1. The van der Waals surface area contributed by atoms with E-state index in [1.807, 2.05) is 13.8 Å². The molecule has 1 rings (SSSR count). The second kappa shape index (κ2) is 6.96. The zero-order valence-corrected chi connectivity index (χ0v) is 10.9. The summed E-state index contributed by atoms with van der Waals surface area (Å²) in [5, 5.41) is 5.69. The molecule has 0 aliphatic rings. The Morgan fingerprint density at radius 3 is 2.78 bits per heavy atom. The summed E-state index contributed by atoms with van der Waals surface area (Å²) in [5.74, 6) is -0.233. The molecule has 0 aliphatic heterocycles. The molecule has 0 atom stereocenters. The summed E-state index contributed by atoms with van der Waals surface area (Å²) in [7, 11) is 0. The number of anilines is 1. The first kappa shape index (κ1) is 14.4. The molecule has 1 aromatic rings. The van der Waals surface area contributed by atoms with E-state index in [0.717, 1.165) is 0 Å². The molecule has 0 saturated carbocycles. The quantitative estimate of drug-likeness (QED) is 0.818. The number of amides is 1. The molecule has 1 amide bonds. The Bertz CT molecular complexity index is 408. The van der Waals surface area contributed by atoms with Crippen LogP contribution in [-0.2, 0) is 4.79 Å². The van der Waals surface area contributed by atoms with Gasteiger partial charge in [-0.05, 0) is 19.1 Å². The minimum Gasteiger partial charge on any atom is -0.492 e. The van der Waals surface area contributed by atoms with Crippen LogP contribution in [0.2, 0.25) is 0 Å². The number of nitrogens with one attached hydrogen (secondary N) is 2. The fraction of sp³-hybridized carbons (Fsp3) is 0.462. The molecule has 0 unspecified atom stereocenters. The number of benzene rings is 1. The highest BCUT2D eigenvalue weighted by atomic mass is 19.1. The van der Waals surface area contributed by atoms with Crippen LogP contribution in [0.4, 0.5) is 10.1 Å². The lowest BCUT2D eigenvalue weighted by Crippen LogP contribution is -2.32. The fourth-order valence-corrected chi connectivity index (χ4v) is 1.37. The predicted molar refractivity (Wildman–Crippen MR) is 69.3 cm³/mol. The maximum atomic E-state index is 13.1. The van der Waals surface area contributed by atoms with Gasteiger partial charge < -0.3 is 15.4 Å². The molecule has 100 valence electrons. The van der Waals surface area contributed by atoms with Gasteiger partial charge in [-0.3, -0.25) is 4.79 Å². The molecule has 4 nitrogen and oxygen atoms in total. The Hall–Kier alpha value is -1.62. The van der Waals surface area contributed by atoms with Crippen LogP contribution in [0.5, 0.6) is 5.75 Å². The normalized spacial score (nSPS) is 10.5.